The number of rotatable bonds is 6. The minimum absolute atomic E-state index is 0.134. The maximum absolute atomic E-state index is 12.2. The Morgan fingerprint density at radius 2 is 1.93 bits per heavy atom. The van der Waals surface area contributed by atoms with Gasteiger partial charge in [-0.15, -0.1) is 0 Å². The third kappa shape index (κ3) is 4.61. The van der Waals surface area contributed by atoms with Gasteiger partial charge in [0.25, 0.3) is 11.8 Å². The number of hydrogen-bond acceptors (Lipinski definition) is 6. The van der Waals surface area contributed by atoms with E-state index in [1.54, 1.807) is 30.3 Å². The minimum Gasteiger partial charge on any atom is -0.472 e. The minimum atomic E-state index is -0.559. The lowest BCUT2D eigenvalue weighted by Gasteiger charge is -2.11. The molecular weight excluding hydrogens is 362 g/mol. The van der Waals surface area contributed by atoms with Crippen molar-refractivity contribution >= 4 is 23.5 Å². The Balaban J connectivity index is 1.78. The molecule has 1 aromatic carbocycles. The smallest absolute Gasteiger partial charge is 0.337 e. The van der Waals surface area contributed by atoms with E-state index in [1.165, 1.54) is 38.0 Å². The van der Waals surface area contributed by atoms with E-state index in [-0.39, 0.29) is 29.6 Å². The number of pyridine rings is 1. The van der Waals surface area contributed by atoms with Gasteiger partial charge in [0.15, 0.2) is 0 Å². The van der Waals surface area contributed by atoms with Crippen LogP contribution in [-0.2, 0) is 11.3 Å². The molecule has 2 heterocycles. The lowest BCUT2D eigenvalue weighted by atomic mass is 10.1. The zero-order valence-electron chi connectivity index (χ0n) is 15.0. The zero-order chi connectivity index (χ0) is 19.9. The molecule has 0 aliphatic rings. The van der Waals surface area contributed by atoms with Crippen LogP contribution >= 0.6 is 0 Å². The second-order valence-corrected chi connectivity index (χ2v) is 5.77. The van der Waals surface area contributed by atoms with E-state index in [2.05, 4.69) is 15.6 Å². The molecule has 0 saturated carbocycles. The van der Waals surface area contributed by atoms with Crippen molar-refractivity contribution in [3.05, 3.63) is 83.6 Å². The van der Waals surface area contributed by atoms with Crippen LogP contribution in [0.4, 0.5) is 5.69 Å². The standard InChI is InChI=1S/C20H17N3O5/c1-27-20(26)15-8-13(11-22-19(25)17-4-2-3-6-21-17)9-16(10-15)23-18(24)14-5-7-28-12-14/h2-10,12H,11H2,1H3,(H,22,25)(H,23,24). The summed E-state index contributed by atoms with van der Waals surface area (Å²) in [6.07, 6.45) is 4.22. The van der Waals surface area contributed by atoms with Gasteiger partial charge in [-0.25, -0.2) is 4.79 Å². The number of nitrogens with one attached hydrogen (secondary N) is 2. The maximum Gasteiger partial charge on any atom is 0.337 e. The number of amides is 2. The Kier molecular flexibility index (Phi) is 5.81. The molecule has 2 amide bonds. The lowest BCUT2D eigenvalue weighted by molar-refractivity contribution is 0.0600. The molecular formula is C20H17N3O5. The number of nitrogens with zero attached hydrogens (tertiary/aromatic N) is 1. The van der Waals surface area contributed by atoms with E-state index >= 15 is 0 Å². The molecule has 0 spiro atoms. The maximum atomic E-state index is 12.2. The monoisotopic (exact) mass is 379 g/mol. The molecule has 0 bridgehead atoms. The number of ether oxygens (including phenoxy) is 1. The van der Waals surface area contributed by atoms with E-state index in [0.29, 0.717) is 16.8 Å². The van der Waals surface area contributed by atoms with E-state index in [1.807, 2.05) is 0 Å². The first kappa shape index (κ1) is 18.8. The highest BCUT2D eigenvalue weighted by Gasteiger charge is 2.13. The molecule has 0 unspecified atom stereocenters. The highest BCUT2D eigenvalue weighted by molar-refractivity contribution is 6.04. The van der Waals surface area contributed by atoms with Gasteiger partial charge in [-0.2, -0.15) is 0 Å². The molecule has 0 fully saturated rings. The summed E-state index contributed by atoms with van der Waals surface area (Å²) < 4.78 is 9.65. The number of methoxy groups -OCH3 is 1. The van der Waals surface area contributed by atoms with Crippen LogP contribution in [-0.4, -0.2) is 29.9 Å². The molecule has 2 N–H and O–H groups in total. The van der Waals surface area contributed by atoms with Crippen LogP contribution in [0.15, 0.2) is 65.6 Å². The summed E-state index contributed by atoms with van der Waals surface area (Å²) in [5.41, 5.74) is 1.86. The lowest BCUT2D eigenvalue weighted by Crippen LogP contribution is -2.24. The zero-order valence-corrected chi connectivity index (χ0v) is 15.0. The molecule has 8 nitrogen and oxygen atoms in total. The molecule has 0 atom stereocenters. The van der Waals surface area contributed by atoms with Gasteiger partial charge in [0.05, 0.1) is 24.5 Å². The van der Waals surface area contributed by atoms with Gasteiger partial charge in [0.1, 0.15) is 12.0 Å². The van der Waals surface area contributed by atoms with E-state index in [9.17, 15) is 14.4 Å². The number of furan rings is 1. The van der Waals surface area contributed by atoms with Gasteiger partial charge in [0.2, 0.25) is 0 Å². The van der Waals surface area contributed by atoms with Crippen molar-refractivity contribution in [3.8, 4) is 0 Å². The van der Waals surface area contributed by atoms with Crippen LogP contribution in [0.5, 0.6) is 0 Å². The largest absolute Gasteiger partial charge is 0.472 e. The third-order valence-corrected chi connectivity index (χ3v) is 3.81. The number of carbonyl (C=O) groups is 3. The molecule has 0 aliphatic heterocycles. The van der Waals surface area contributed by atoms with Crippen molar-refractivity contribution in [2.45, 2.75) is 6.54 Å². The number of hydrogen-bond donors (Lipinski definition) is 2. The molecule has 2 aromatic heterocycles. The Hall–Kier alpha value is -3.94. The predicted molar refractivity (Wildman–Crippen MR) is 99.8 cm³/mol. The molecule has 0 radical (unpaired) electrons. The number of anilines is 1. The highest BCUT2D eigenvalue weighted by Crippen LogP contribution is 2.17. The van der Waals surface area contributed by atoms with Crippen molar-refractivity contribution in [2.24, 2.45) is 0 Å². The number of aromatic nitrogens is 1. The molecule has 3 rings (SSSR count). The van der Waals surface area contributed by atoms with Gasteiger partial charge >= 0.3 is 5.97 Å². The second kappa shape index (κ2) is 8.63. The molecule has 8 heteroatoms. The Labute approximate surface area is 160 Å². The number of esters is 1. The fourth-order valence-corrected chi connectivity index (χ4v) is 2.47. The SMILES string of the molecule is COC(=O)c1cc(CNC(=O)c2ccccn2)cc(NC(=O)c2ccoc2)c1. The molecule has 3 aromatic rings. The Morgan fingerprint density at radius 1 is 1.07 bits per heavy atom. The molecule has 142 valence electrons. The van der Waals surface area contributed by atoms with Crippen LogP contribution in [0.25, 0.3) is 0 Å². The fourth-order valence-electron chi connectivity index (χ4n) is 2.47. The summed E-state index contributed by atoms with van der Waals surface area (Å²) in [5.74, 6) is -1.30. The third-order valence-electron chi connectivity index (χ3n) is 3.81. The summed E-state index contributed by atoms with van der Waals surface area (Å²) in [6.45, 7) is 0.134. The predicted octanol–water partition coefficient (Wildman–Crippen LogP) is 2.64. The summed E-state index contributed by atoms with van der Waals surface area (Å²) in [6, 6.07) is 11.3. The first-order chi connectivity index (χ1) is 13.6. The molecule has 28 heavy (non-hydrogen) atoms. The van der Waals surface area contributed by atoms with E-state index in [4.69, 9.17) is 9.15 Å². The van der Waals surface area contributed by atoms with Gasteiger partial charge in [-0.05, 0) is 42.0 Å². The Bertz CT molecular complexity index is 984. The van der Waals surface area contributed by atoms with Gasteiger partial charge in [-0.3, -0.25) is 14.6 Å². The van der Waals surface area contributed by atoms with Crippen molar-refractivity contribution in [3.63, 3.8) is 0 Å². The van der Waals surface area contributed by atoms with Crippen LogP contribution in [0, 0.1) is 0 Å². The average molecular weight is 379 g/mol. The van der Waals surface area contributed by atoms with Gasteiger partial charge in [0, 0.05) is 18.4 Å². The first-order valence-electron chi connectivity index (χ1n) is 8.32. The summed E-state index contributed by atoms with van der Waals surface area (Å²) in [5, 5.41) is 5.42. The highest BCUT2D eigenvalue weighted by atomic mass is 16.5. The van der Waals surface area contributed by atoms with Crippen LogP contribution in [0.1, 0.15) is 36.8 Å². The summed E-state index contributed by atoms with van der Waals surface area (Å²) in [7, 11) is 1.27. The number of benzene rings is 1. The van der Waals surface area contributed by atoms with Crippen molar-refractivity contribution in [1.82, 2.24) is 10.3 Å². The van der Waals surface area contributed by atoms with E-state index < -0.39 is 5.97 Å². The average Bonchev–Trinajstić information content (AvgIpc) is 3.27. The van der Waals surface area contributed by atoms with E-state index in [0.717, 1.165) is 0 Å². The van der Waals surface area contributed by atoms with Crippen molar-refractivity contribution in [1.29, 1.82) is 0 Å². The fraction of sp³-hybridized carbons (Fsp3) is 0.100. The molecule has 0 aliphatic carbocycles. The number of carbonyl (C=O) groups excluding carboxylic acids is 3. The quantitative estimate of drug-likeness (QED) is 0.637. The van der Waals surface area contributed by atoms with Crippen LogP contribution in [0.2, 0.25) is 0 Å². The summed E-state index contributed by atoms with van der Waals surface area (Å²) >= 11 is 0. The topological polar surface area (TPSA) is 111 Å². The Morgan fingerprint density at radius 3 is 2.61 bits per heavy atom. The van der Waals surface area contributed by atoms with Crippen molar-refractivity contribution < 1.29 is 23.5 Å². The van der Waals surface area contributed by atoms with Crippen LogP contribution in [0.3, 0.4) is 0 Å². The van der Waals surface area contributed by atoms with Crippen molar-refractivity contribution in [2.75, 3.05) is 12.4 Å². The molecule has 0 saturated heterocycles. The summed E-state index contributed by atoms with van der Waals surface area (Å²) in [4.78, 5) is 40.3. The van der Waals surface area contributed by atoms with Gasteiger partial charge in [-0.1, -0.05) is 6.07 Å². The second-order valence-electron chi connectivity index (χ2n) is 5.77. The first-order valence-corrected chi connectivity index (χ1v) is 8.32. The van der Waals surface area contributed by atoms with Crippen LogP contribution < -0.4 is 10.6 Å². The normalized spacial score (nSPS) is 10.2. The van der Waals surface area contributed by atoms with Gasteiger partial charge < -0.3 is 19.8 Å².